The Hall–Kier alpha value is -2.55. The minimum Gasteiger partial charge on any atom is -0.350 e. The Balaban J connectivity index is 1.71. The summed E-state index contributed by atoms with van der Waals surface area (Å²) in [6.07, 6.45) is 0. The first-order valence-electron chi connectivity index (χ1n) is 7.51. The molecule has 0 aliphatic heterocycles. The molecule has 3 nitrogen and oxygen atoms in total. The number of benzene rings is 2. The summed E-state index contributed by atoms with van der Waals surface area (Å²) in [5.41, 5.74) is 4.56. The molecule has 2 aromatic carbocycles. The maximum Gasteiger partial charge on any atom is 0.240 e. The van der Waals surface area contributed by atoms with E-state index in [1.165, 1.54) is 10.9 Å². The molecule has 3 rings (SSSR count). The van der Waals surface area contributed by atoms with Crippen LogP contribution in [-0.4, -0.2) is 10.5 Å². The van der Waals surface area contributed by atoms with Crippen molar-refractivity contribution in [3.8, 4) is 0 Å². The molecule has 0 aliphatic rings. The Labute approximate surface area is 130 Å². The Morgan fingerprint density at radius 2 is 1.77 bits per heavy atom. The monoisotopic (exact) mass is 292 g/mol. The summed E-state index contributed by atoms with van der Waals surface area (Å²) in [5.74, 6) is 0.0349. The molecule has 3 aromatic rings. The summed E-state index contributed by atoms with van der Waals surface area (Å²) in [6, 6.07) is 18.4. The molecular formula is C19H20N2O. The van der Waals surface area contributed by atoms with E-state index < -0.39 is 0 Å². The third-order valence-corrected chi connectivity index (χ3v) is 4.06. The van der Waals surface area contributed by atoms with Crippen LogP contribution >= 0.6 is 0 Å². The molecule has 0 bridgehead atoms. The van der Waals surface area contributed by atoms with Crippen molar-refractivity contribution in [1.29, 1.82) is 0 Å². The lowest BCUT2D eigenvalue weighted by atomic mass is 10.1. The normalized spacial score (nSPS) is 10.8. The van der Waals surface area contributed by atoms with Gasteiger partial charge < -0.3 is 9.88 Å². The lowest BCUT2D eigenvalue weighted by molar-refractivity contribution is -0.121. The van der Waals surface area contributed by atoms with Gasteiger partial charge in [-0.15, -0.1) is 0 Å². The first-order valence-corrected chi connectivity index (χ1v) is 7.51. The fourth-order valence-corrected chi connectivity index (χ4v) is 2.76. The van der Waals surface area contributed by atoms with Gasteiger partial charge in [0, 0.05) is 17.8 Å². The average Bonchev–Trinajstić information content (AvgIpc) is 2.83. The fourth-order valence-electron chi connectivity index (χ4n) is 2.76. The van der Waals surface area contributed by atoms with Crippen LogP contribution in [0.5, 0.6) is 0 Å². The SMILES string of the molecule is Cc1ccccc1CNC(=O)Cn1c(C)cc2ccccc21. The lowest BCUT2D eigenvalue weighted by Crippen LogP contribution is -2.27. The Kier molecular flexibility index (Phi) is 3.96. The first kappa shape index (κ1) is 14.4. The van der Waals surface area contributed by atoms with E-state index in [0.29, 0.717) is 13.1 Å². The Morgan fingerprint density at radius 1 is 1.05 bits per heavy atom. The fraction of sp³-hybridized carbons (Fsp3) is 0.211. The van der Waals surface area contributed by atoms with Crippen molar-refractivity contribution in [2.24, 2.45) is 0 Å². The summed E-state index contributed by atoms with van der Waals surface area (Å²) in [6.45, 7) is 5.02. The number of para-hydroxylation sites is 1. The molecular weight excluding hydrogens is 272 g/mol. The van der Waals surface area contributed by atoms with Gasteiger partial charge >= 0.3 is 0 Å². The maximum atomic E-state index is 12.3. The van der Waals surface area contributed by atoms with Gasteiger partial charge in [-0.05, 0) is 42.5 Å². The maximum absolute atomic E-state index is 12.3. The van der Waals surface area contributed by atoms with Crippen molar-refractivity contribution >= 4 is 16.8 Å². The van der Waals surface area contributed by atoms with Gasteiger partial charge in [-0.2, -0.15) is 0 Å². The standard InChI is InChI=1S/C19H20N2O/c1-14-7-3-4-9-17(14)12-20-19(22)13-21-15(2)11-16-8-5-6-10-18(16)21/h3-11H,12-13H2,1-2H3,(H,20,22). The van der Waals surface area contributed by atoms with E-state index in [0.717, 1.165) is 16.8 Å². The number of fused-ring (bicyclic) bond motifs is 1. The topological polar surface area (TPSA) is 34.0 Å². The predicted octanol–water partition coefficient (Wildman–Crippen LogP) is 3.57. The number of hydrogen-bond donors (Lipinski definition) is 1. The van der Waals surface area contributed by atoms with Crippen LogP contribution in [0, 0.1) is 13.8 Å². The Bertz CT molecular complexity index is 817. The van der Waals surface area contributed by atoms with Crippen LogP contribution in [0.4, 0.5) is 0 Å². The van der Waals surface area contributed by atoms with E-state index in [1.807, 2.05) is 37.3 Å². The van der Waals surface area contributed by atoms with Crippen molar-refractivity contribution in [2.75, 3.05) is 0 Å². The summed E-state index contributed by atoms with van der Waals surface area (Å²) < 4.78 is 2.06. The average molecular weight is 292 g/mol. The molecule has 1 aromatic heterocycles. The number of rotatable bonds is 4. The molecule has 0 unspecified atom stereocenters. The highest BCUT2D eigenvalue weighted by molar-refractivity contribution is 5.84. The number of carbonyl (C=O) groups is 1. The summed E-state index contributed by atoms with van der Waals surface area (Å²) in [4.78, 5) is 12.3. The third-order valence-electron chi connectivity index (χ3n) is 4.06. The summed E-state index contributed by atoms with van der Waals surface area (Å²) in [5, 5.41) is 4.18. The van der Waals surface area contributed by atoms with Crippen LogP contribution in [0.3, 0.4) is 0 Å². The largest absolute Gasteiger partial charge is 0.350 e. The zero-order valence-corrected chi connectivity index (χ0v) is 13.0. The van der Waals surface area contributed by atoms with Crippen LogP contribution in [0.15, 0.2) is 54.6 Å². The molecule has 22 heavy (non-hydrogen) atoms. The van der Waals surface area contributed by atoms with E-state index in [-0.39, 0.29) is 5.91 Å². The number of aromatic nitrogens is 1. The van der Waals surface area contributed by atoms with Crippen molar-refractivity contribution < 1.29 is 4.79 Å². The number of nitrogens with zero attached hydrogens (tertiary/aromatic N) is 1. The van der Waals surface area contributed by atoms with Crippen LogP contribution in [0.25, 0.3) is 10.9 Å². The van der Waals surface area contributed by atoms with E-state index in [1.54, 1.807) is 0 Å². The highest BCUT2D eigenvalue weighted by atomic mass is 16.1. The van der Waals surface area contributed by atoms with Crippen LogP contribution in [-0.2, 0) is 17.9 Å². The quantitative estimate of drug-likeness (QED) is 0.783. The van der Waals surface area contributed by atoms with Crippen LogP contribution < -0.4 is 5.32 Å². The van der Waals surface area contributed by atoms with Gasteiger partial charge in [0.2, 0.25) is 5.91 Å². The number of carbonyl (C=O) groups excluding carboxylic acids is 1. The number of nitrogens with one attached hydrogen (secondary N) is 1. The smallest absolute Gasteiger partial charge is 0.240 e. The van der Waals surface area contributed by atoms with Crippen LogP contribution in [0.2, 0.25) is 0 Å². The van der Waals surface area contributed by atoms with Gasteiger partial charge in [-0.25, -0.2) is 0 Å². The zero-order chi connectivity index (χ0) is 15.5. The number of aryl methyl sites for hydroxylation is 2. The van der Waals surface area contributed by atoms with Crippen molar-refractivity contribution in [3.63, 3.8) is 0 Å². The molecule has 0 atom stereocenters. The molecule has 3 heteroatoms. The van der Waals surface area contributed by atoms with Crippen LogP contribution in [0.1, 0.15) is 16.8 Å². The van der Waals surface area contributed by atoms with E-state index in [9.17, 15) is 4.79 Å². The molecule has 0 saturated heterocycles. The van der Waals surface area contributed by atoms with Gasteiger partial charge in [0.1, 0.15) is 6.54 Å². The van der Waals surface area contributed by atoms with Crippen molar-refractivity contribution in [3.05, 3.63) is 71.4 Å². The number of amides is 1. The summed E-state index contributed by atoms with van der Waals surface area (Å²) >= 11 is 0. The highest BCUT2D eigenvalue weighted by Crippen LogP contribution is 2.18. The minimum absolute atomic E-state index is 0.0349. The molecule has 112 valence electrons. The van der Waals surface area contributed by atoms with Gasteiger partial charge in [0.25, 0.3) is 0 Å². The summed E-state index contributed by atoms with van der Waals surface area (Å²) in [7, 11) is 0. The zero-order valence-electron chi connectivity index (χ0n) is 13.0. The third kappa shape index (κ3) is 2.89. The second-order valence-electron chi connectivity index (χ2n) is 5.63. The molecule has 0 spiro atoms. The van der Waals surface area contributed by atoms with E-state index in [4.69, 9.17) is 0 Å². The minimum atomic E-state index is 0.0349. The highest BCUT2D eigenvalue weighted by Gasteiger charge is 2.09. The molecule has 1 amide bonds. The first-order chi connectivity index (χ1) is 10.6. The molecule has 0 fully saturated rings. The molecule has 0 saturated carbocycles. The van der Waals surface area contributed by atoms with E-state index >= 15 is 0 Å². The second kappa shape index (κ2) is 6.06. The number of hydrogen-bond acceptors (Lipinski definition) is 1. The van der Waals surface area contributed by atoms with Crippen molar-refractivity contribution in [2.45, 2.75) is 26.9 Å². The lowest BCUT2D eigenvalue weighted by Gasteiger charge is -2.10. The Morgan fingerprint density at radius 3 is 2.59 bits per heavy atom. The molecule has 0 radical (unpaired) electrons. The molecule has 0 aliphatic carbocycles. The van der Waals surface area contributed by atoms with Crippen molar-refractivity contribution in [1.82, 2.24) is 9.88 Å². The van der Waals surface area contributed by atoms with Gasteiger partial charge in [-0.1, -0.05) is 42.5 Å². The molecule has 1 N–H and O–H groups in total. The van der Waals surface area contributed by atoms with Gasteiger partial charge in [0.15, 0.2) is 0 Å². The second-order valence-corrected chi connectivity index (χ2v) is 5.63. The molecule has 1 heterocycles. The van der Waals surface area contributed by atoms with E-state index in [2.05, 4.69) is 41.1 Å². The van der Waals surface area contributed by atoms with Gasteiger partial charge in [0.05, 0.1) is 0 Å². The predicted molar refractivity (Wildman–Crippen MR) is 89.7 cm³/mol. The van der Waals surface area contributed by atoms with Gasteiger partial charge in [-0.3, -0.25) is 4.79 Å².